The van der Waals surface area contributed by atoms with Crippen molar-refractivity contribution in [3.05, 3.63) is 34.9 Å². The fourth-order valence-electron chi connectivity index (χ4n) is 2.84. The highest BCUT2D eigenvalue weighted by molar-refractivity contribution is 5.29. The standard InChI is InChI=1S/C16H26N4O/c1-5-13-16(15(21)7-3)14(6-2)20(18-13)11-9-12-8-10-17-19(12)4/h8,10,15,21H,5-7,9,11H2,1-4H3. The third kappa shape index (κ3) is 3.18. The van der Waals surface area contributed by atoms with Gasteiger partial charge in [-0.05, 0) is 25.3 Å². The number of nitrogens with zero attached hydrogens (tertiary/aromatic N) is 4. The van der Waals surface area contributed by atoms with Gasteiger partial charge >= 0.3 is 0 Å². The number of aryl methyl sites for hydroxylation is 4. The van der Waals surface area contributed by atoms with Crippen LogP contribution in [-0.2, 0) is 32.9 Å². The molecular formula is C16H26N4O. The zero-order valence-corrected chi connectivity index (χ0v) is 13.5. The third-order valence-corrected chi connectivity index (χ3v) is 4.07. The Balaban J connectivity index is 2.26. The average Bonchev–Trinajstić information content (AvgIpc) is 3.06. The molecule has 116 valence electrons. The van der Waals surface area contributed by atoms with E-state index < -0.39 is 6.10 Å². The van der Waals surface area contributed by atoms with Crippen molar-refractivity contribution >= 4 is 0 Å². The molecule has 0 radical (unpaired) electrons. The molecule has 5 nitrogen and oxygen atoms in total. The summed E-state index contributed by atoms with van der Waals surface area (Å²) in [5.74, 6) is 0. The Kier molecular flexibility index (Phi) is 5.17. The number of hydrogen-bond donors (Lipinski definition) is 1. The van der Waals surface area contributed by atoms with Crippen molar-refractivity contribution in [2.45, 2.75) is 59.1 Å². The topological polar surface area (TPSA) is 55.9 Å². The Hall–Kier alpha value is -1.62. The van der Waals surface area contributed by atoms with Crippen LogP contribution in [0.25, 0.3) is 0 Å². The van der Waals surface area contributed by atoms with Gasteiger partial charge in [-0.3, -0.25) is 9.36 Å². The van der Waals surface area contributed by atoms with Crippen LogP contribution in [0.15, 0.2) is 12.3 Å². The van der Waals surface area contributed by atoms with Gasteiger partial charge in [0, 0.05) is 43.2 Å². The zero-order chi connectivity index (χ0) is 15.4. The molecule has 0 amide bonds. The predicted molar refractivity (Wildman–Crippen MR) is 83.1 cm³/mol. The minimum atomic E-state index is -0.402. The molecule has 2 heterocycles. The summed E-state index contributed by atoms with van der Waals surface area (Å²) in [4.78, 5) is 0. The van der Waals surface area contributed by atoms with Crippen LogP contribution in [0.1, 0.15) is 55.9 Å². The van der Waals surface area contributed by atoms with Crippen molar-refractivity contribution in [2.75, 3.05) is 0 Å². The highest BCUT2D eigenvalue weighted by atomic mass is 16.3. The summed E-state index contributed by atoms with van der Waals surface area (Å²) in [6, 6.07) is 2.04. The molecule has 0 aliphatic carbocycles. The van der Waals surface area contributed by atoms with Gasteiger partial charge in [0.25, 0.3) is 0 Å². The number of rotatable bonds is 7. The first-order valence-electron chi connectivity index (χ1n) is 7.85. The Morgan fingerprint density at radius 1 is 1.24 bits per heavy atom. The summed E-state index contributed by atoms with van der Waals surface area (Å²) in [6.07, 6.45) is 4.80. The Morgan fingerprint density at radius 3 is 2.52 bits per heavy atom. The molecule has 0 aromatic carbocycles. The quantitative estimate of drug-likeness (QED) is 0.852. The van der Waals surface area contributed by atoms with Crippen LogP contribution < -0.4 is 0 Å². The highest BCUT2D eigenvalue weighted by Crippen LogP contribution is 2.26. The second-order valence-corrected chi connectivity index (χ2v) is 5.36. The van der Waals surface area contributed by atoms with Gasteiger partial charge in [-0.1, -0.05) is 20.8 Å². The molecule has 1 unspecified atom stereocenters. The first-order chi connectivity index (χ1) is 10.1. The smallest absolute Gasteiger partial charge is 0.0823 e. The van der Waals surface area contributed by atoms with E-state index in [-0.39, 0.29) is 0 Å². The molecule has 0 saturated carbocycles. The van der Waals surface area contributed by atoms with Crippen molar-refractivity contribution in [1.29, 1.82) is 0 Å². The number of aliphatic hydroxyl groups excluding tert-OH is 1. The van der Waals surface area contributed by atoms with Crippen molar-refractivity contribution in [2.24, 2.45) is 7.05 Å². The van der Waals surface area contributed by atoms with Gasteiger partial charge in [0.1, 0.15) is 0 Å². The summed E-state index contributed by atoms with van der Waals surface area (Å²) in [7, 11) is 1.96. The Labute approximate surface area is 126 Å². The van der Waals surface area contributed by atoms with Crippen molar-refractivity contribution in [3.63, 3.8) is 0 Å². The van der Waals surface area contributed by atoms with Crippen molar-refractivity contribution in [3.8, 4) is 0 Å². The molecule has 0 bridgehead atoms. The number of aliphatic hydroxyl groups is 1. The zero-order valence-electron chi connectivity index (χ0n) is 13.5. The van der Waals surface area contributed by atoms with E-state index in [1.807, 2.05) is 30.9 Å². The lowest BCUT2D eigenvalue weighted by molar-refractivity contribution is 0.171. The molecule has 2 rings (SSSR count). The number of aromatic nitrogens is 4. The lowest BCUT2D eigenvalue weighted by Gasteiger charge is -2.12. The van der Waals surface area contributed by atoms with E-state index in [2.05, 4.69) is 23.6 Å². The van der Waals surface area contributed by atoms with E-state index in [1.54, 1.807) is 0 Å². The molecular weight excluding hydrogens is 264 g/mol. The molecule has 5 heteroatoms. The van der Waals surface area contributed by atoms with Crippen LogP contribution in [0.5, 0.6) is 0 Å². The molecule has 21 heavy (non-hydrogen) atoms. The SMILES string of the molecule is CCc1nn(CCc2ccnn2C)c(CC)c1C(O)CC. The van der Waals surface area contributed by atoms with E-state index >= 15 is 0 Å². The van der Waals surface area contributed by atoms with Gasteiger partial charge in [0.15, 0.2) is 0 Å². The molecule has 1 atom stereocenters. The average molecular weight is 290 g/mol. The maximum atomic E-state index is 10.3. The lowest BCUT2D eigenvalue weighted by atomic mass is 10.0. The van der Waals surface area contributed by atoms with Gasteiger partial charge in [-0.2, -0.15) is 10.2 Å². The van der Waals surface area contributed by atoms with E-state index in [0.29, 0.717) is 0 Å². The molecule has 1 N–H and O–H groups in total. The van der Waals surface area contributed by atoms with E-state index in [4.69, 9.17) is 5.10 Å². The van der Waals surface area contributed by atoms with Crippen LogP contribution in [-0.4, -0.2) is 24.7 Å². The van der Waals surface area contributed by atoms with Crippen molar-refractivity contribution < 1.29 is 5.11 Å². The minimum Gasteiger partial charge on any atom is -0.388 e. The van der Waals surface area contributed by atoms with Gasteiger partial charge in [0.2, 0.25) is 0 Å². The third-order valence-electron chi connectivity index (χ3n) is 4.07. The molecule has 0 spiro atoms. The maximum Gasteiger partial charge on any atom is 0.0823 e. The summed E-state index contributed by atoms with van der Waals surface area (Å²) in [6.45, 7) is 7.06. The largest absolute Gasteiger partial charge is 0.388 e. The van der Waals surface area contributed by atoms with Gasteiger partial charge < -0.3 is 5.11 Å². The monoisotopic (exact) mass is 290 g/mol. The Bertz CT molecular complexity index is 585. The summed E-state index contributed by atoms with van der Waals surface area (Å²) in [5.41, 5.74) is 4.45. The molecule has 2 aromatic heterocycles. The second-order valence-electron chi connectivity index (χ2n) is 5.36. The van der Waals surface area contributed by atoms with Gasteiger partial charge in [0.05, 0.1) is 11.8 Å². The molecule has 0 saturated heterocycles. The molecule has 0 aliphatic rings. The first kappa shape index (κ1) is 15.8. The minimum absolute atomic E-state index is 0.402. The second kappa shape index (κ2) is 6.89. The van der Waals surface area contributed by atoms with Gasteiger partial charge in [-0.25, -0.2) is 0 Å². The van der Waals surface area contributed by atoms with Gasteiger partial charge in [-0.15, -0.1) is 0 Å². The maximum absolute atomic E-state index is 10.3. The van der Waals surface area contributed by atoms with Crippen LogP contribution in [0.2, 0.25) is 0 Å². The van der Waals surface area contributed by atoms with Crippen LogP contribution >= 0.6 is 0 Å². The van der Waals surface area contributed by atoms with Crippen LogP contribution in [0.3, 0.4) is 0 Å². The fourth-order valence-corrected chi connectivity index (χ4v) is 2.84. The molecule has 2 aromatic rings. The van der Waals surface area contributed by atoms with E-state index in [1.165, 1.54) is 11.4 Å². The van der Waals surface area contributed by atoms with E-state index in [0.717, 1.165) is 43.5 Å². The first-order valence-corrected chi connectivity index (χ1v) is 7.85. The number of hydrogen-bond acceptors (Lipinski definition) is 3. The summed E-state index contributed by atoms with van der Waals surface area (Å²) >= 11 is 0. The predicted octanol–water partition coefficient (Wildman–Crippen LogP) is 2.43. The molecule has 0 aliphatic heterocycles. The summed E-state index contributed by atoms with van der Waals surface area (Å²) in [5, 5.41) is 19.2. The fraction of sp³-hybridized carbons (Fsp3) is 0.625. The normalized spacial score (nSPS) is 12.8. The van der Waals surface area contributed by atoms with Crippen LogP contribution in [0, 0.1) is 0 Å². The summed E-state index contributed by atoms with van der Waals surface area (Å²) < 4.78 is 3.97. The molecule has 0 fully saturated rings. The highest BCUT2D eigenvalue weighted by Gasteiger charge is 2.20. The van der Waals surface area contributed by atoms with E-state index in [9.17, 15) is 5.11 Å². The van der Waals surface area contributed by atoms with Crippen LogP contribution in [0.4, 0.5) is 0 Å². The van der Waals surface area contributed by atoms with Crippen molar-refractivity contribution in [1.82, 2.24) is 19.6 Å². The Morgan fingerprint density at radius 2 is 2.00 bits per heavy atom. The lowest BCUT2D eigenvalue weighted by Crippen LogP contribution is -2.10.